The minimum atomic E-state index is -0.508. The molecule has 0 radical (unpaired) electrons. The average Bonchev–Trinajstić information content (AvgIpc) is 3.03. The quantitative estimate of drug-likeness (QED) is 0.367. The summed E-state index contributed by atoms with van der Waals surface area (Å²) < 4.78 is 1.80. The van der Waals surface area contributed by atoms with Crippen molar-refractivity contribution in [2.45, 2.75) is 17.3 Å². The van der Waals surface area contributed by atoms with Gasteiger partial charge >= 0.3 is 0 Å². The number of rotatable bonds is 6. The van der Waals surface area contributed by atoms with Crippen molar-refractivity contribution >= 4 is 40.6 Å². The molecule has 8 nitrogen and oxygen atoms in total. The number of nitro groups is 1. The summed E-state index contributed by atoms with van der Waals surface area (Å²) in [7, 11) is 1.82. The molecule has 2 aromatic carbocycles. The van der Waals surface area contributed by atoms with Crippen LogP contribution in [0.15, 0.2) is 53.7 Å². The minimum Gasteiger partial charge on any atom is -0.325 e. The summed E-state index contributed by atoms with van der Waals surface area (Å²) in [6.45, 7) is 1.73. The standard InChI is InChI=1S/C18H16ClN5O3S/c1-11(17(25)20-14-4-3-5-15(10-14)24(26)27)28-18-22-21-16(23(18)2)12-6-8-13(19)9-7-12/h3-11H,1-2H3,(H,20,25)/t11-/m0/s1. The fraction of sp³-hybridized carbons (Fsp3) is 0.167. The van der Waals surface area contributed by atoms with Crippen LogP contribution in [0, 0.1) is 10.1 Å². The van der Waals surface area contributed by atoms with E-state index in [1.165, 1.54) is 30.0 Å². The van der Waals surface area contributed by atoms with Gasteiger partial charge in [-0.25, -0.2) is 0 Å². The largest absolute Gasteiger partial charge is 0.325 e. The van der Waals surface area contributed by atoms with Crippen LogP contribution in [-0.4, -0.2) is 30.8 Å². The molecule has 1 aromatic heterocycles. The first-order valence-electron chi connectivity index (χ1n) is 8.22. The Hall–Kier alpha value is -2.91. The number of carbonyl (C=O) groups is 1. The molecule has 10 heteroatoms. The molecule has 3 aromatic rings. The van der Waals surface area contributed by atoms with Gasteiger partial charge in [-0.05, 0) is 37.3 Å². The Labute approximate surface area is 170 Å². The molecule has 0 saturated carbocycles. The fourth-order valence-electron chi connectivity index (χ4n) is 2.42. The second-order valence-electron chi connectivity index (χ2n) is 5.93. The number of nitrogens with one attached hydrogen (secondary N) is 1. The number of carbonyl (C=O) groups excluding carboxylic acids is 1. The summed E-state index contributed by atoms with van der Waals surface area (Å²) in [6, 6.07) is 13.0. The molecule has 1 amide bonds. The van der Waals surface area contributed by atoms with Gasteiger partial charge in [0, 0.05) is 35.5 Å². The average molecular weight is 418 g/mol. The topological polar surface area (TPSA) is 103 Å². The molecule has 0 aliphatic heterocycles. The van der Waals surface area contributed by atoms with Gasteiger partial charge in [0.25, 0.3) is 5.69 Å². The van der Waals surface area contributed by atoms with Crippen molar-refractivity contribution in [3.8, 4) is 11.4 Å². The van der Waals surface area contributed by atoms with Crippen molar-refractivity contribution in [2.75, 3.05) is 5.32 Å². The SMILES string of the molecule is C[C@H](Sc1nnc(-c2ccc(Cl)cc2)n1C)C(=O)Nc1cccc([N+](=O)[O-])c1. The van der Waals surface area contributed by atoms with Gasteiger partial charge in [0.05, 0.1) is 10.2 Å². The van der Waals surface area contributed by atoms with E-state index in [-0.39, 0.29) is 11.6 Å². The van der Waals surface area contributed by atoms with E-state index in [4.69, 9.17) is 11.6 Å². The van der Waals surface area contributed by atoms with E-state index >= 15 is 0 Å². The van der Waals surface area contributed by atoms with Crippen LogP contribution in [0.5, 0.6) is 0 Å². The Bertz CT molecular complexity index is 1020. The molecule has 0 aliphatic rings. The first kappa shape index (κ1) is 19.8. The molecule has 0 aliphatic carbocycles. The van der Waals surface area contributed by atoms with Crippen LogP contribution in [0.1, 0.15) is 6.92 Å². The second kappa shape index (κ2) is 8.41. The molecule has 0 unspecified atom stereocenters. The minimum absolute atomic E-state index is 0.0842. The number of thioether (sulfide) groups is 1. The van der Waals surface area contributed by atoms with Crippen molar-refractivity contribution in [3.05, 3.63) is 63.7 Å². The zero-order chi connectivity index (χ0) is 20.3. The normalized spacial score (nSPS) is 11.8. The number of halogens is 1. The number of hydrogen-bond donors (Lipinski definition) is 1. The van der Waals surface area contributed by atoms with Crippen molar-refractivity contribution in [3.63, 3.8) is 0 Å². The lowest BCUT2D eigenvalue weighted by Crippen LogP contribution is -2.22. The number of amides is 1. The number of benzene rings is 2. The number of hydrogen-bond acceptors (Lipinski definition) is 6. The molecule has 1 N–H and O–H groups in total. The van der Waals surface area contributed by atoms with Gasteiger partial charge in [0.15, 0.2) is 11.0 Å². The highest BCUT2D eigenvalue weighted by Crippen LogP contribution is 2.27. The second-order valence-corrected chi connectivity index (χ2v) is 7.67. The van der Waals surface area contributed by atoms with Gasteiger partial charge in [0.1, 0.15) is 0 Å². The van der Waals surface area contributed by atoms with Gasteiger partial charge in [-0.15, -0.1) is 10.2 Å². The molecule has 0 spiro atoms. The Morgan fingerprint density at radius 2 is 1.96 bits per heavy atom. The van der Waals surface area contributed by atoms with Crippen LogP contribution in [0.4, 0.5) is 11.4 Å². The highest BCUT2D eigenvalue weighted by atomic mass is 35.5. The summed E-state index contributed by atoms with van der Waals surface area (Å²) in [6.07, 6.45) is 0. The third kappa shape index (κ3) is 4.49. The van der Waals surface area contributed by atoms with Gasteiger partial charge in [-0.3, -0.25) is 14.9 Å². The van der Waals surface area contributed by atoms with Gasteiger partial charge in [-0.2, -0.15) is 0 Å². The molecule has 0 fully saturated rings. The number of aromatic nitrogens is 3. The summed E-state index contributed by atoms with van der Waals surface area (Å²) in [4.78, 5) is 22.8. The summed E-state index contributed by atoms with van der Waals surface area (Å²) >= 11 is 7.16. The predicted molar refractivity (Wildman–Crippen MR) is 108 cm³/mol. The molecule has 144 valence electrons. The number of anilines is 1. The van der Waals surface area contributed by atoms with Crippen LogP contribution in [-0.2, 0) is 11.8 Å². The number of nitrogens with zero attached hydrogens (tertiary/aromatic N) is 4. The predicted octanol–water partition coefficient (Wildman–Crippen LogP) is 4.16. The number of nitro benzene ring substituents is 1. The smallest absolute Gasteiger partial charge is 0.271 e. The lowest BCUT2D eigenvalue weighted by molar-refractivity contribution is -0.384. The van der Waals surface area contributed by atoms with E-state index in [0.29, 0.717) is 21.7 Å². The highest BCUT2D eigenvalue weighted by Gasteiger charge is 2.20. The van der Waals surface area contributed by atoms with Crippen LogP contribution < -0.4 is 5.32 Å². The summed E-state index contributed by atoms with van der Waals surface area (Å²) in [5, 5.41) is 22.6. The Kier molecular flexibility index (Phi) is 5.96. The lowest BCUT2D eigenvalue weighted by Gasteiger charge is -2.11. The molecule has 1 heterocycles. The summed E-state index contributed by atoms with van der Waals surface area (Å²) in [5.41, 5.74) is 1.14. The van der Waals surface area contributed by atoms with Crippen molar-refractivity contribution < 1.29 is 9.72 Å². The zero-order valence-electron chi connectivity index (χ0n) is 15.0. The maximum absolute atomic E-state index is 12.4. The van der Waals surface area contributed by atoms with Crippen LogP contribution >= 0.6 is 23.4 Å². The molecule has 0 saturated heterocycles. The highest BCUT2D eigenvalue weighted by molar-refractivity contribution is 8.00. The Morgan fingerprint density at radius 1 is 1.25 bits per heavy atom. The van der Waals surface area contributed by atoms with E-state index in [2.05, 4.69) is 15.5 Å². The van der Waals surface area contributed by atoms with E-state index in [0.717, 1.165) is 5.56 Å². The lowest BCUT2D eigenvalue weighted by atomic mass is 10.2. The molecular formula is C18H16ClN5O3S. The first-order valence-corrected chi connectivity index (χ1v) is 9.48. The van der Waals surface area contributed by atoms with Crippen LogP contribution in [0.2, 0.25) is 5.02 Å². The van der Waals surface area contributed by atoms with E-state index in [1.54, 1.807) is 29.7 Å². The Balaban J connectivity index is 1.70. The van der Waals surface area contributed by atoms with Gasteiger partial charge in [-0.1, -0.05) is 29.4 Å². The van der Waals surface area contributed by atoms with Gasteiger partial charge in [0.2, 0.25) is 5.91 Å². The molecule has 3 rings (SSSR count). The van der Waals surface area contributed by atoms with Crippen molar-refractivity contribution in [2.24, 2.45) is 7.05 Å². The van der Waals surface area contributed by atoms with Gasteiger partial charge < -0.3 is 9.88 Å². The number of non-ortho nitro benzene ring substituents is 1. The Morgan fingerprint density at radius 3 is 2.64 bits per heavy atom. The monoisotopic (exact) mass is 417 g/mol. The van der Waals surface area contributed by atoms with Crippen molar-refractivity contribution in [1.82, 2.24) is 14.8 Å². The first-order chi connectivity index (χ1) is 13.3. The summed E-state index contributed by atoms with van der Waals surface area (Å²) in [5.74, 6) is 0.368. The maximum Gasteiger partial charge on any atom is 0.271 e. The van der Waals surface area contributed by atoms with E-state index in [1.807, 2.05) is 19.2 Å². The zero-order valence-corrected chi connectivity index (χ0v) is 16.6. The maximum atomic E-state index is 12.4. The third-order valence-corrected chi connectivity index (χ3v) is 5.30. The molecule has 0 bridgehead atoms. The van der Waals surface area contributed by atoms with Crippen LogP contribution in [0.25, 0.3) is 11.4 Å². The van der Waals surface area contributed by atoms with E-state index < -0.39 is 10.2 Å². The molecule has 1 atom stereocenters. The third-order valence-electron chi connectivity index (χ3n) is 3.91. The molecular weight excluding hydrogens is 402 g/mol. The van der Waals surface area contributed by atoms with Crippen LogP contribution in [0.3, 0.4) is 0 Å². The van der Waals surface area contributed by atoms with E-state index in [9.17, 15) is 14.9 Å². The van der Waals surface area contributed by atoms with Crippen molar-refractivity contribution in [1.29, 1.82) is 0 Å². The molecule has 28 heavy (non-hydrogen) atoms. The fourth-order valence-corrected chi connectivity index (χ4v) is 3.36.